The molecule has 0 radical (unpaired) electrons. The molecule has 0 saturated heterocycles. The summed E-state index contributed by atoms with van der Waals surface area (Å²) < 4.78 is 2.32. The first kappa shape index (κ1) is 15.1. The van der Waals surface area contributed by atoms with Crippen molar-refractivity contribution >= 4 is 10.9 Å². The highest BCUT2D eigenvalue weighted by atomic mass is 15.2. The second kappa shape index (κ2) is 5.95. The van der Waals surface area contributed by atoms with Crippen molar-refractivity contribution in [2.45, 2.75) is 38.8 Å². The summed E-state index contributed by atoms with van der Waals surface area (Å²) in [5.41, 5.74) is 5.27. The van der Waals surface area contributed by atoms with E-state index in [9.17, 15) is 0 Å². The number of aryl methyl sites for hydroxylation is 1. The highest BCUT2D eigenvalue weighted by Gasteiger charge is 2.24. The van der Waals surface area contributed by atoms with E-state index in [0.717, 1.165) is 44.2 Å². The van der Waals surface area contributed by atoms with Gasteiger partial charge in [-0.15, -0.1) is 0 Å². The van der Waals surface area contributed by atoms with Crippen molar-refractivity contribution in [2.24, 2.45) is 13.0 Å². The van der Waals surface area contributed by atoms with Crippen LogP contribution in [-0.2, 0) is 33.0 Å². The molecule has 4 nitrogen and oxygen atoms in total. The Labute approximate surface area is 148 Å². The molecular weight excluding hydrogens is 308 g/mol. The molecule has 25 heavy (non-hydrogen) atoms. The third-order valence-corrected chi connectivity index (χ3v) is 5.68. The molecule has 0 spiro atoms. The Kier molecular flexibility index (Phi) is 3.59. The van der Waals surface area contributed by atoms with Gasteiger partial charge in [-0.3, -0.25) is 4.90 Å². The van der Waals surface area contributed by atoms with Crippen LogP contribution in [0.5, 0.6) is 0 Å². The predicted molar refractivity (Wildman–Crippen MR) is 99.2 cm³/mol. The van der Waals surface area contributed by atoms with E-state index >= 15 is 0 Å². The lowest BCUT2D eigenvalue weighted by molar-refractivity contribution is 0.236. The summed E-state index contributed by atoms with van der Waals surface area (Å²) in [5.74, 6) is 1.89. The molecule has 5 rings (SSSR count). The summed E-state index contributed by atoms with van der Waals surface area (Å²) in [6.45, 7) is 3.00. The molecule has 1 saturated carbocycles. The molecule has 0 atom stereocenters. The highest BCUT2D eigenvalue weighted by molar-refractivity contribution is 5.81. The van der Waals surface area contributed by atoms with E-state index in [-0.39, 0.29) is 0 Å². The van der Waals surface area contributed by atoms with Crippen molar-refractivity contribution in [2.75, 3.05) is 6.54 Å². The lowest BCUT2D eigenvalue weighted by Gasteiger charge is -2.28. The molecule has 0 N–H and O–H groups in total. The summed E-state index contributed by atoms with van der Waals surface area (Å²) in [7, 11) is 2.17. The molecule has 2 aliphatic rings. The van der Waals surface area contributed by atoms with Gasteiger partial charge in [-0.1, -0.05) is 18.2 Å². The average Bonchev–Trinajstić information content (AvgIpc) is 3.39. The lowest BCUT2D eigenvalue weighted by atomic mass is 10.1. The number of aromatic nitrogens is 3. The van der Waals surface area contributed by atoms with Gasteiger partial charge in [-0.25, -0.2) is 9.97 Å². The summed E-state index contributed by atoms with van der Waals surface area (Å²) in [6.07, 6.45) is 6.91. The smallest absolute Gasteiger partial charge is 0.128 e. The van der Waals surface area contributed by atoms with Crippen LogP contribution >= 0.6 is 0 Å². The van der Waals surface area contributed by atoms with Crippen molar-refractivity contribution in [3.63, 3.8) is 0 Å². The maximum Gasteiger partial charge on any atom is 0.128 e. The minimum Gasteiger partial charge on any atom is -0.346 e. The average molecular weight is 332 g/mol. The number of hydrogen-bond acceptors (Lipinski definition) is 3. The Morgan fingerprint density at radius 3 is 2.92 bits per heavy atom. The highest BCUT2D eigenvalue weighted by Crippen LogP contribution is 2.32. The molecule has 1 aliphatic heterocycles. The second-order valence-electron chi connectivity index (χ2n) is 7.62. The van der Waals surface area contributed by atoms with Gasteiger partial charge in [0.15, 0.2) is 0 Å². The third-order valence-electron chi connectivity index (χ3n) is 5.68. The fourth-order valence-electron chi connectivity index (χ4n) is 3.94. The van der Waals surface area contributed by atoms with E-state index in [4.69, 9.17) is 4.98 Å². The minimum absolute atomic E-state index is 0.841. The molecule has 1 fully saturated rings. The number of fused-ring (bicyclic) bond motifs is 2. The maximum atomic E-state index is 4.89. The van der Waals surface area contributed by atoms with Crippen LogP contribution in [0.1, 0.15) is 35.6 Å². The first-order chi connectivity index (χ1) is 12.3. The SMILES string of the molecule is Cn1c(CN2CCc3cnc(CC4CC4)nc3C2)cc2ccccc21. The van der Waals surface area contributed by atoms with Gasteiger partial charge in [0.25, 0.3) is 0 Å². The van der Waals surface area contributed by atoms with Gasteiger partial charge in [-0.2, -0.15) is 0 Å². The van der Waals surface area contributed by atoms with Crippen LogP contribution in [0.3, 0.4) is 0 Å². The van der Waals surface area contributed by atoms with Gasteiger partial charge in [0.2, 0.25) is 0 Å². The van der Waals surface area contributed by atoms with E-state index in [0.29, 0.717) is 0 Å². The summed E-state index contributed by atoms with van der Waals surface area (Å²) in [4.78, 5) is 12.0. The van der Waals surface area contributed by atoms with E-state index in [1.165, 1.54) is 40.7 Å². The number of para-hydroxylation sites is 1. The third kappa shape index (κ3) is 2.95. The Hall–Kier alpha value is -2.20. The summed E-state index contributed by atoms with van der Waals surface area (Å²) in [5, 5.41) is 1.33. The minimum atomic E-state index is 0.841. The molecule has 128 valence electrons. The molecule has 0 bridgehead atoms. The van der Waals surface area contributed by atoms with Crippen molar-refractivity contribution in [1.29, 1.82) is 0 Å². The van der Waals surface area contributed by atoms with Crippen LogP contribution in [0, 0.1) is 5.92 Å². The zero-order valence-electron chi connectivity index (χ0n) is 14.8. The van der Waals surface area contributed by atoms with Crippen LogP contribution in [0.4, 0.5) is 0 Å². The van der Waals surface area contributed by atoms with Gasteiger partial charge in [0.05, 0.1) is 5.69 Å². The summed E-state index contributed by atoms with van der Waals surface area (Å²) >= 11 is 0. The van der Waals surface area contributed by atoms with E-state index < -0.39 is 0 Å². The molecule has 1 aromatic carbocycles. The van der Waals surface area contributed by atoms with Crippen molar-refractivity contribution in [3.8, 4) is 0 Å². The predicted octanol–water partition coefficient (Wildman–Crippen LogP) is 3.48. The summed E-state index contributed by atoms with van der Waals surface area (Å²) in [6, 6.07) is 10.9. The molecule has 3 aromatic rings. The molecule has 0 amide bonds. The zero-order valence-corrected chi connectivity index (χ0v) is 14.8. The molecule has 2 aromatic heterocycles. The molecule has 3 heterocycles. The molecule has 1 aliphatic carbocycles. The first-order valence-electron chi connectivity index (χ1n) is 9.35. The van der Waals surface area contributed by atoms with E-state index in [1.54, 1.807) is 0 Å². The zero-order chi connectivity index (χ0) is 16.8. The Morgan fingerprint density at radius 2 is 2.08 bits per heavy atom. The van der Waals surface area contributed by atoms with Crippen LogP contribution in [0.2, 0.25) is 0 Å². The number of nitrogens with zero attached hydrogens (tertiary/aromatic N) is 4. The van der Waals surface area contributed by atoms with Gasteiger partial charge < -0.3 is 4.57 Å². The van der Waals surface area contributed by atoms with Gasteiger partial charge in [-0.05, 0) is 48.3 Å². The van der Waals surface area contributed by atoms with Crippen LogP contribution in [0.25, 0.3) is 10.9 Å². The normalized spacial score (nSPS) is 17.8. The Balaban J connectivity index is 1.36. The molecule has 0 unspecified atom stereocenters. The quantitative estimate of drug-likeness (QED) is 0.733. The number of hydrogen-bond donors (Lipinski definition) is 0. The van der Waals surface area contributed by atoms with Crippen molar-refractivity contribution in [3.05, 3.63) is 59.3 Å². The fourth-order valence-corrected chi connectivity index (χ4v) is 3.94. The fraction of sp³-hybridized carbons (Fsp3) is 0.429. The Morgan fingerprint density at radius 1 is 1.20 bits per heavy atom. The second-order valence-corrected chi connectivity index (χ2v) is 7.62. The Bertz CT molecular complexity index is 923. The monoisotopic (exact) mass is 332 g/mol. The van der Waals surface area contributed by atoms with Crippen molar-refractivity contribution in [1.82, 2.24) is 19.4 Å². The van der Waals surface area contributed by atoms with Crippen molar-refractivity contribution < 1.29 is 0 Å². The van der Waals surface area contributed by atoms with E-state index in [2.05, 4.69) is 58.0 Å². The van der Waals surface area contributed by atoms with Gasteiger partial charge >= 0.3 is 0 Å². The van der Waals surface area contributed by atoms with E-state index in [1.807, 2.05) is 0 Å². The van der Waals surface area contributed by atoms with Gasteiger partial charge in [0.1, 0.15) is 5.82 Å². The standard InChI is InChI=1S/C21H24N4/c1-24-18(11-16-4-2-3-5-20(16)24)13-25-9-8-17-12-22-21(10-15-6-7-15)23-19(17)14-25/h2-5,11-12,15H,6-10,13-14H2,1H3. The first-order valence-corrected chi connectivity index (χ1v) is 9.35. The largest absolute Gasteiger partial charge is 0.346 e. The topological polar surface area (TPSA) is 34.0 Å². The molecular formula is C21H24N4. The number of rotatable bonds is 4. The van der Waals surface area contributed by atoms with Crippen LogP contribution in [-0.4, -0.2) is 26.0 Å². The van der Waals surface area contributed by atoms with Crippen LogP contribution in [0.15, 0.2) is 36.5 Å². The molecule has 4 heteroatoms. The lowest BCUT2D eigenvalue weighted by Crippen LogP contribution is -2.31. The van der Waals surface area contributed by atoms with Crippen LogP contribution < -0.4 is 0 Å². The van der Waals surface area contributed by atoms with Gasteiger partial charge in [0, 0.05) is 50.5 Å². The number of benzene rings is 1. The maximum absolute atomic E-state index is 4.89.